The Balaban J connectivity index is 1.30. The first-order valence-corrected chi connectivity index (χ1v) is 15.0. The summed E-state index contributed by atoms with van der Waals surface area (Å²) in [6.45, 7) is 6.02. The average Bonchev–Trinajstić information content (AvgIpc) is 3.18. The maximum Gasteiger partial charge on any atom is 0.251 e. The fourth-order valence-electron chi connectivity index (χ4n) is 7.24. The predicted octanol–water partition coefficient (Wildman–Crippen LogP) is 4.83. The van der Waals surface area contributed by atoms with Gasteiger partial charge in [0, 0.05) is 23.8 Å². The summed E-state index contributed by atoms with van der Waals surface area (Å²) >= 11 is 0. The number of aromatic nitrogens is 1. The fraction of sp³-hybridized carbons (Fsp3) is 0.517. The zero-order valence-corrected chi connectivity index (χ0v) is 22.8. The Bertz CT molecular complexity index is 1370. The van der Waals surface area contributed by atoms with Gasteiger partial charge >= 0.3 is 0 Å². The number of nitrogens with one attached hydrogen (secondary N) is 2. The highest BCUT2D eigenvalue weighted by molar-refractivity contribution is 7.88. The molecule has 0 unspecified atom stereocenters. The lowest BCUT2D eigenvalue weighted by Crippen LogP contribution is -2.51. The second-order valence-corrected chi connectivity index (χ2v) is 13.7. The number of aryl methyl sites for hydroxylation is 1. The smallest absolute Gasteiger partial charge is 0.251 e. The highest BCUT2D eigenvalue weighted by Crippen LogP contribution is 2.63. The predicted molar refractivity (Wildman–Crippen MR) is 143 cm³/mol. The van der Waals surface area contributed by atoms with Crippen LogP contribution in [0.5, 0.6) is 0 Å². The van der Waals surface area contributed by atoms with Gasteiger partial charge in [0.1, 0.15) is 5.82 Å². The number of carbonyl (C=O) groups is 1. The van der Waals surface area contributed by atoms with Crippen LogP contribution < -0.4 is 10.0 Å². The van der Waals surface area contributed by atoms with E-state index in [1.807, 2.05) is 12.1 Å². The zero-order chi connectivity index (χ0) is 26.6. The van der Waals surface area contributed by atoms with Gasteiger partial charge in [-0.25, -0.2) is 17.5 Å². The average molecular weight is 526 g/mol. The van der Waals surface area contributed by atoms with Gasteiger partial charge in [-0.3, -0.25) is 9.78 Å². The Hall–Kier alpha value is -2.58. The van der Waals surface area contributed by atoms with Crippen LogP contribution >= 0.6 is 0 Å². The van der Waals surface area contributed by atoms with Crippen LogP contribution in [-0.2, 0) is 16.4 Å². The van der Waals surface area contributed by atoms with E-state index < -0.39 is 15.6 Å². The van der Waals surface area contributed by atoms with Crippen molar-refractivity contribution in [2.24, 2.45) is 17.3 Å². The van der Waals surface area contributed by atoms with Gasteiger partial charge in [-0.15, -0.1) is 0 Å². The molecule has 37 heavy (non-hydrogen) atoms. The van der Waals surface area contributed by atoms with Crippen molar-refractivity contribution in [3.05, 3.63) is 70.8 Å². The first kappa shape index (κ1) is 26.0. The topological polar surface area (TPSA) is 88.2 Å². The minimum Gasteiger partial charge on any atom is -0.350 e. The summed E-state index contributed by atoms with van der Waals surface area (Å²) in [5, 5.41) is 2.88. The zero-order valence-electron chi connectivity index (χ0n) is 22.0. The molecule has 4 atom stereocenters. The molecule has 0 saturated heterocycles. The molecule has 1 amide bonds. The quantitative estimate of drug-likeness (QED) is 0.566. The third kappa shape index (κ3) is 5.10. The summed E-state index contributed by atoms with van der Waals surface area (Å²) < 4.78 is 39.6. The molecule has 8 heteroatoms. The second-order valence-electron chi connectivity index (χ2n) is 12.0. The highest BCUT2D eigenvalue weighted by atomic mass is 32.2. The number of pyridine rings is 1. The van der Waals surface area contributed by atoms with Crippen LogP contribution in [0, 0.1) is 23.1 Å². The van der Waals surface area contributed by atoms with Crippen LogP contribution in [0.25, 0.3) is 5.57 Å². The number of rotatable bonds is 6. The van der Waals surface area contributed by atoms with Crippen molar-refractivity contribution < 1.29 is 17.6 Å². The van der Waals surface area contributed by atoms with Crippen molar-refractivity contribution in [2.75, 3.05) is 12.8 Å². The number of sulfonamides is 1. The van der Waals surface area contributed by atoms with E-state index in [9.17, 15) is 17.6 Å². The third-order valence-electron chi connectivity index (χ3n) is 8.74. The minimum absolute atomic E-state index is 0.0285. The van der Waals surface area contributed by atoms with Gasteiger partial charge in [-0.2, -0.15) is 0 Å². The summed E-state index contributed by atoms with van der Waals surface area (Å²) in [6.07, 6.45) is 11.6. The number of allylic oxidation sites excluding steroid dienone is 2. The van der Waals surface area contributed by atoms with Crippen LogP contribution in [0.4, 0.5) is 4.39 Å². The molecule has 5 rings (SSSR count). The number of benzene rings is 1. The molecule has 198 valence electrons. The van der Waals surface area contributed by atoms with Crippen LogP contribution in [0.2, 0.25) is 0 Å². The Morgan fingerprint density at radius 3 is 2.73 bits per heavy atom. The number of halogens is 1. The van der Waals surface area contributed by atoms with E-state index in [-0.39, 0.29) is 23.7 Å². The summed E-state index contributed by atoms with van der Waals surface area (Å²) in [4.78, 5) is 17.0. The van der Waals surface area contributed by atoms with Crippen molar-refractivity contribution in [2.45, 2.75) is 64.3 Å². The Labute approximate surface area is 219 Å². The normalized spacial score (nSPS) is 27.1. The van der Waals surface area contributed by atoms with Crippen molar-refractivity contribution in [1.29, 1.82) is 0 Å². The number of amides is 1. The molecular weight excluding hydrogens is 489 g/mol. The molecule has 0 bridgehead atoms. The molecule has 1 saturated carbocycles. The van der Waals surface area contributed by atoms with Crippen molar-refractivity contribution in [1.82, 2.24) is 15.0 Å². The monoisotopic (exact) mass is 525 g/mol. The maximum atomic E-state index is 13.9. The summed E-state index contributed by atoms with van der Waals surface area (Å²) in [5.74, 6) is 1.06. The van der Waals surface area contributed by atoms with E-state index in [0.29, 0.717) is 23.3 Å². The number of hydrogen-bond donors (Lipinski definition) is 2. The first-order valence-electron chi connectivity index (χ1n) is 13.1. The SMILES string of the molecule is CC(C)(CNC(=O)c1ccc2c(c1)CC[C@@H]1[C@@H]2CC[C@]2(C)C(c3cncc(F)c3)=CC[C@@H]12)NS(C)(=O)=O. The Morgan fingerprint density at radius 2 is 2.00 bits per heavy atom. The molecule has 1 aromatic carbocycles. The highest BCUT2D eigenvalue weighted by Gasteiger charge is 2.52. The Morgan fingerprint density at radius 1 is 1.22 bits per heavy atom. The molecule has 2 aromatic rings. The largest absolute Gasteiger partial charge is 0.350 e. The van der Waals surface area contributed by atoms with E-state index >= 15 is 0 Å². The van der Waals surface area contributed by atoms with Gasteiger partial charge in [-0.1, -0.05) is 19.1 Å². The number of hydrogen-bond acceptors (Lipinski definition) is 4. The van der Waals surface area contributed by atoms with Crippen molar-refractivity contribution in [3.63, 3.8) is 0 Å². The third-order valence-corrected chi connectivity index (χ3v) is 9.66. The second kappa shape index (κ2) is 9.31. The van der Waals surface area contributed by atoms with E-state index in [1.165, 1.54) is 22.9 Å². The number of nitrogens with zero attached hydrogens (tertiary/aromatic N) is 1. The van der Waals surface area contributed by atoms with Crippen molar-refractivity contribution in [3.8, 4) is 0 Å². The van der Waals surface area contributed by atoms with Crippen LogP contribution in [0.3, 0.4) is 0 Å². The summed E-state index contributed by atoms with van der Waals surface area (Å²) in [7, 11) is -3.37. The molecule has 0 radical (unpaired) electrons. The van der Waals surface area contributed by atoms with E-state index in [0.717, 1.165) is 43.9 Å². The van der Waals surface area contributed by atoms with Crippen LogP contribution in [0.15, 0.2) is 42.7 Å². The van der Waals surface area contributed by atoms with Gasteiger partial charge in [0.05, 0.1) is 12.5 Å². The van der Waals surface area contributed by atoms with E-state index in [4.69, 9.17) is 0 Å². The van der Waals surface area contributed by atoms with Gasteiger partial charge in [0.15, 0.2) is 0 Å². The molecule has 1 fully saturated rings. The molecule has 0 aliphatic heterocycles. The minimum atomic E-state index is -3.37. The molecule has 0 spiro atoms. The maximum absolute atomic E-state index is 13.9. The lowest BCUT2D eigenvalue weighted by Gasteiger charge is -2.50. The molecule has 6 nitrogen and oxygen atoms in total. The van der Waals surface area contributed by atoms with Crippen molar-refractivity contribution >= 4 is 21.5 Å². The van der Waals surface area contributed by atoms with Gasteiger partial charge in [0.25, 0.3) is 5.91 Å². The van der Waals surface area contributed by atoms with Gasteiger partial charge < -0.3 is 5.32 Å². The Kier molecular flexibility index (Phi) is 6.55. The lowest BCUT2D eigenvalue weighted by molar-refractivity contribution is 0.0884. The van der Waals surface area contributed by atoms with Gasteiger partial charge in [-0.05, 0) is 110 Å². The molecule has 2 N–H and O–H groups in total. The molecular formula is C29H36FN3O3S. The van der Waals surface area contributed by atoms with Crippen LogP contribution in [0.1, 0.15) is 79.4 Å². The number of fused-ring (bicyclic) bond motifs is 5. The first-order chi connectivity index (χ1) is 17.4. The van der Waals surface area contributed by atoms with Crippen LogP contribution in [-0.4, -0.2) is 37.6 Å². The summed E-state index contributed by atoms with van der Waals surface area (Å²) in [5.41, 5.74) is 4.60. The molecule has 3 aliphatic carbocycles. The fourth-order valence-corrected chi connectivity index (χ4v) is 8.31. The lowest BCUT2D eigenvalue weighted by atomic mass is 9.54. The molecule has 1 aromatic heterocycles. The molecule has 1 heterocycles. The standard InChI is InChI=1S/C29H36FN3O3S/c1-28(2,33-37(4,35)36)17-32-27(34)19-6-7-22-18(13-19)5-8-24-23(22)11-12-29(3)25(9-10-26(24)29)20-14-21(30)16-31-15-20/h6-7,9,13-16,23-24,26,33H,5,8,10-12,17H2,1-4H3,(H,32,34)/t23-,24-,26+,29-/m1/s1. The summed E-state index contributed by atoms with van der Waals surface area (Å²) in [6, 6.07) is 7.66. The van der Waals surface area contributed by atoms with Gasteiger partial charge in [0.2, 0.25) is 10.0 Å². The van der Waals surface area contributed by atoms with E-state index in [2.05, 4.69) is 34.1 Å². The number of carbonyl (C=O) groups excluding carboxylic acids is 1. The van der Waals surface area contributed by atoms with E-state index in [1.54, 1.807) is 26.1 Å². The molecule has 3 aliphatic rings.